The van der Waals surface area contributed by atoms with E-state index >= 15 is 0 Å². The maximum atomic E-state index is 11.7. The van der Waals surface area contributed by atoms with E-state index in [1.165, 1.54) is 13.1 Å². The fraction of sp³-hybridized carbons (Fsp3) is 0.583. The van der Waals surface area contributed by atoms with Gasteiger partial charge in [0, 0.05) is 33.6 Å². The number of hydrogen-bond donors (Lipinski definition) is 2. The lowest BCUT2D eigenvalue weighted by Crippen LogP contribution is -2.30. The van der Waals surface area contributed by atoms with Crippen LogP contribution in [-0.2, 0) is 23.1 Å². The standard InChI is InChI=1S/C12H20N4O3/c1-4-19-12(18)10-7-15-16(3)11(10)8-13-5-6-14-9(2)17/h7,13H,4-6,8H2,1-3H3,(H,14,17). The monoisotopic (exact) mass is 268 g/mol. The van der Waals surface area contributed by atoms with Crippen LogP contribution in [-0.4, -0.2) is 41.4 Å². The minimum Gasteiger partial charge on any atom is -0.462 e. The molecule has 0 atom stereocenters. The highest BCUT2D eigenvalue weighted by Gasteiger charge is 2.16. The first-order chi connectivity index (χ1) is 9.06. The average Bonchev–Trinajstić information content (AvgIpc) is 2.70. The fourth-order valence-corrected chi connectivity index (χ4v) is 1.59. The number of rotatable bonds is 7. The van der Waals surface area contributed by atoms with Crippen LogP contribution < -0.4 is 10.6 Å². The van der Waals surface area contributed by atoms with Gasteiger partial charge in [-0.15, -0.1) is 0 Å². The van der Waals surface area contributed by atoms with Gasteiger partial charge in [0.15, 0.2) is 0 Å². The summed E-state index contributed by atoms with van der Waals surface area (Å²) in [5, 5.41) is 9.87. The van der Waals surface area contributed by atoms with E-state index in [1.54, 1.807) is 18.7 Å². The number of ether oxygens (including phenoxy) is 1. The second-order valence-electron chi connectivity index (χ2n) is 4.01. The van der Waals surface area contributed by atoms with Gasteiger partial charge in [-0.1, -0.05) is 0 Å². The number of hydrogen-bond acceptors (Lipinski definition) is 5. The van der Waals surface area contributed by atoms with Crippen LogP contribution in [0.5, 0.6) is 0 Å². The van der Waals surface area contributed by atoms with Gasteiger partial charge in [0.1, 0.15) is 5.56 Å². The van der Waals surface area contributed by atoms with Crippen molar-refractivity contribution in [3.05, 3.63) is 17.5 Å². The van der Waals surface area contributed by atoms with Crippen LogP contribution in [0.4, 0.5) is 0 Å². The molecule has 1 heterocycles. The molecule has 0 aliphatic rings. The van der Waals surface area contributed by atoms with Gasteiger partial charge >= 0.3 is 5.97 Å². The van der Waals surface area contributed by atoms with Crippen molar-refractivity contribution in [1.29, 1.82) is 0 Å². The van der Waals surface area contributed by atoms with Crippen LogP contribution in [0.1, 0.15) is 29.9 Å². The maximum Gasteiger partial charge on any atom is 0.341 e. The predicted octanol–water partition coefficient (Wildman–Crippen LogP) is -0.177. The lowest BCUT2D eigenvalue weighted by Gasteiger charge is -2.08. The Morgan fingerprint density at radius 2 is 2.16 bits per heavy atom. The van der Waals surface area contributed by atoms with E-state index in [4.69, 9.17) is 4.74 Å². The molecular weight excluding hydrogens is 248 g/mol. The molecule has 0 aromatic carbocycles. The molecule has 0 aliphatic carbocycles. The van der Waals surface area contributed by atoms with Crippen molar-refractivity contribution in [2.75, 3.05) is 19.7 Å². The molecule has 0 fully saturated rings. The maximum absolute atomic E-state index is 11.7. The Balaban J connectivity index is 2.50. The highest BCUT2D eigenvalue weighted by Crippen LogP contribution is 2.08. The highest BCUT2D eigenvalue weighted by atomic mass is 16.5. The van der Waals surface area contributed by atoms with Crippen molar-refractivity contribution in [2.45, 2.75) is 20.4 Å². The molecule has 19 heavy (non-hydrogen) atoms. The van der Waals surface area contributed by atoms with Gasteiger partial charge in [-0.25, -0.2) is 4.79 Å². The van der Waals surface area contributed by atoms with Gasteiger partial charge in [-0.05, 0) is 6.92 Å². The molecule has 1 aromatic heterocycles. The van der Waals surface area contributed by atoms with E-state index in [0.29, 0.717) is 31.8 Å². The summed E-state index contributed by atoms with van der Waals surface area (Å²) in [5.41, 5.74) is 1.23. The van der Waals surface area contributed by atoms with Crippen molar-refractivity contribution in [3.8, 4) is 0 Å². The fourth-order valence-electron chi connectivity index (χ4n) is 1.59. The number of aryl methyl sites for hydroxylation is 1. The van der Waals surface area contributed by atoms with E-state index < -0.39 is 0 Å². The number of nitrogens with zero attached hydrogens (tertiary/aromatic N) is 2. The van der Waals surface area contributed by atoms with Gasteiger partial charge < -0.3 is 15.4 Å². The van der Waals surface area contributed by atoms with Crippen LogP contribution in [0.2, 0.25) is 0 Å². The zero-order chi connectivity index (χ0) is 14.3. The topological polar surface area (TPSA) is 85.2 Å². The van der Waals surface area contributed by atoms with Gasteiger partial charge in [0.2, 0.25) is 5.91 Å². The van der Waals surface area contributed by atoms with Crippen LogP contribution >= 0.6 is 0 Å². The van der Waals surface area contributed by atoms with E-state index in [9.17, 15) is 9.59 Å². The third kappa shape index (κ3) is 4.70. The molecule has 106 valence electrons. The summed E-state index contributed by atoms with van der Waals surface area (Å²) in [6.45, 7) is 5.22. The first-order valence-corrected chi connectivity index (χ1v) is 6.19. The molecule has 0 aliphatic heterocycles. The second kappa shape index (κ2) is 7.52. The number of carbonyl (C=O) groups excluding carboxylic acids is 2. The van der Waals surface area contributed by atoms with E-state index in [-0.39, 0.29) is 11.9 Å². The summed E-state index contributed by atoms with van der Waals surface area (Å²) in [6.07, 6.45) is 1.50. The Morgan fingerprint density at radius 3 is 2.79 bits per heavy atom. The quantitative estimate of drug-likeness (QED) is 0.529. The van der Waals surface area contributed by atoms with Crippen molar-refractivity contribution in [1.82, 2.24) is 20.4 Å². The zero-order valence-corrected chi connectivity index (χ0v) is 11.5. The molecule has 0 saturated carbocycles. The van der Waals surface area contributed by atoms with Crippen molar-refractivity contribution in [2.24, 2.45) is 7.05 Å². The number of carbonyl (C=O) groups is 2. The largest absolute Gasteiger partial charge is 0.462 e. The summed E-state index contributed by atoms with van der Waals surface area (Å²) in [6, 6.07) is 0. The minimum absolute atomic E-state index is 0.0606. The third-order valence-corrected chi connectivity index (χ3v) is 2.53. The molecule has 0 saturated heterocycles. The summed E-state index contributed by atoms with van der Waals surface area (Å²) in [7, 11) is 1.77. The molecule has 7 nitrogen and oxygen atoms in total. The average molecular weight is 268 g/mol. The van der Waals surface area contributed by atoms with Crippen LogP contribution in [0.25, 0.3) is 0 Å². The van der Waals surface area contributed by atoms with Crippen molar-refractivity contribution >= 4 is 11.9 Å². The predicted molar refractivity (Wildman–Crippen MR) is 69.6 cm³/mol. The lowest BCUT2D eigenvalue weighted by molar-refractivity contribution is -0.118. The van der Waals surface area contributed by atoms with Crippen LogP contribution in [0.15, 0.2) is 6.20 Å². The molecule has 0 bridgehead atoms. The van der Waals surface area contributed by atoms with Gasteiger partial charge in [0.25, 0.3) is 0 Å². The van der Waals surface area contributed by atoms with Gasteiger partial charge in [-0.2, -0.15) is 5.10 Å². The highest BCUT2D eigenvalue weighted by molar-refractivity contribution is 5.90. The van der Waals surface area contributed by atoms with Gasteiger partial charge in [0.05, 0.1) is 18.5 Å². The van der Waals surface area contributed by atoms with Gasteiger partial charge in [-0.3, -0.25) is 9.48 Å². The summed E-state index contributed by atoms with van der Waals surface area (Å²) >= 11 is 0. The summed E-state index contributed by atoms with van der Waals surface area (Å²) in [5.74, 6) is -0.427. The third-order valence-electron chi connectivity index (χ3n) is 2.53. The molecular formula is C12H20N4O3. The van der Waals surface area contributed by atoms with Crippen molar-refractivity contribution < 1.29 is 14.3 Å². The molecule has 2 N–H and O–H groups in total. The first-order valence-electron chi connectivity index (χ1n) is 6.19. The molecule has 1 rings (SSSR count). The number of esters is 1. The van der Waals surface area contributed by atoms with Crippen molar-refractivity contribution in [3.63, 3.8) is 0 Å². The summed E-state index contributed by atoms with van der Waals surface area (Å²) < 4.78 is 6.60. The minimum atomic E-state index is -0.366. The normalized spacial score (nSPS) is 10.3. The molecule has 7 heteroatoms. The number of nitrogens with one attached hydrogen (secondary N) is 2. The number of amides is 1. The zero-order valence-electron chi connectivity index (χ0n) is 11.5. The Kier molecular flexibility index (Phi) is 6.01. The van der Waals surface area contributed by atoms with Crippen LogP contribution in [0, 0.1) is 0 Å². The Hall–Kier alpha value is -1.89. The Morgan fingerprint density at radius 1 is 1.42 bits per heavy atom. The summed E-state index contributed by atoms with van der Waals surface area (Å²) in [4.78, 5) is 22.4. The van der Waals surface area contributed by atoms with E-state index in [2.05, 4.69) is 15.7 Å². The molecule has 1 amide bonds. The molecule has 0 spiro atoms. The molecule has 0 unspecified atom stereocenters. The Labute approximate surface area is 112 Å². The smallest absolute Gasteiger partial charge is 0.341 e. The number of aromatic nitrogens is 2. The van der Waals surface area contributed by atoms with Crippen LogP contribution in [0.3, 0.4) is 0 Å². The second-order valence-corrected chi connectivity index (χ2v) is 4.01. The SMILES string of the molecule is CCOC(=O)c1cnn(C)c1CNCCNC(C)=O. The van der Waals surface area contributed by atoms with E-state index in [0.717, 1.165) is 5.69 Å². The first kappa shape index (κ1) is 15.2. The molecule has 0 radical (unpaired) electrons. The molecule has 1 aromatic rings. The lowest BCUT2D eigenvalue weighted by atomic mass is 10.2. The van der Waals surface area contributed by atoms with E-state index in [1.807, 2.05) is 0 Å². The Bertz CT molecular complexity index is 442.